The summed E-state index contributed by atoms with van der Waals surface area (Å²) in [7, 11) is 1.34. The maximum absolute atomic E-state index is 15.0. The van der Waals surface area contributed by atoms with Gasteiger partial charge in [0.05, 0.1) is 25.6 Å². The summed E-state index contributed by atoms with van der Waals surface area (Å²) >= 11 is 0. The van der Waals surface area contributed by atoms with Crippen LogP contribution in [0.5, 0.6) is 17.2 Å². The number of alkyl halides is 1. The number of anilines is 1. The fraction of sp³-hybridized carbons (Fsp3) is 0.200. The highest BCUT2D eigenvalue weighted by atomic mass is 19.1. The van der Waals surface area contributed by atoms with E-state index in [2.05, 4.69) is 20.3 Å². The SMILES string of the molecule is COc1cc(-c2c[nH]c3nccc(Oc4c(F)cc(NC5=NCC(F)(CO)CO5)cc4F)c23)ccc1F. The Morgan fingerprint density at radius 2 is 1.89 bits per heavy atom. The van der Waals surface area contributed by atoms with Crippen LogP contribution in [0.25, 0.3) is 22.2 Å². The van der Waals surface area contributed by atoms with Gasteiger partial charge in [-0.25, -0.2) is 27.5 Å². The number of ether oxygens (including phenoxy) is 3. The van der Waals surface area contributed by atoms with Crippen LogP contribution in [0.15, 0.2) is 53.8 Å². The van der Waals surface area contributed by atoms with Crippen LogP contribution in [0.3, 0.4) is 0 Å². The van der Waals surface area contributed by atoms with Crippen LogP contribution in [0.1, 0.15) is 0 Å². The summed E-state index contributed by atoms with van der Waals surface area (Å²) in [6, 6.07) is 7.50. The second-order valence-corrected chi connectivity index (χ2v) is 8.30. The second kappa shape index (κ2) is 9.62. The number of aliphatic hydroxyl groups is 1. The van der Waals surface area contributed by atoms with Crippen molar-refractivity contribution < 1.29 is 36.9 Å². The van der Waals surface area contributed by atoms with Gasteiger partial charge in [-0.05, 0) is 23.8 Å². The van der Waals surface area contributed by atoms with E-state index in [-0.39, 0.29) is 29.8 Å². The summed E-state index contributed by atoms with van der Waals surface area (Å²) in [6.07, 6.45) is 3.02. The van der Waals surface area contributed by atoms with Crippen molar-refractivity contribution in [2.75, 3.05) is 32.2 Å². The fourth-order valence-corrected chi connectivity index (χ4v) is 3.80. The number of amidine groups is 1. The summed E-state index contributed by atoms with van der Waals surface area (Å²) in [5.74, 6) is -3.14. The van der Waals surface area contributed by atoms with Crippen molar-refractivity contribution >= 4 is 22.7 Å². The van der Waals surface area contributed by atoms with Crippen LogP contribution in [-0.4, -0.2) is 53.6 Å². The molecule has 1 unspecified atom stereocenters. The highest BCUT2D eigenvalue weighted by Gasteiger charge is 2.34. The summed E-state index contributed by atoms with van der Waals surface area (Å²) in [6.45, 7) is -1.59. The van der Waals surface area contributed by atoms with Crippen molar-refractivity contribution in [3.8, 4) is 28.4 Å². The van der Waals surface area contributed by atoms with Gasteiger partial charge in [0.2, 0.25) is 0 Å². The molecule has 2 aromatic carbocycles. The maximum atomic E-state index is 15.0. The summed E-state index contributed by atoms with van der Waals surface area (Å²) in [4.78, 5) is 11.0. The lowest BCUT2D eigenvalue weighted by Crippen LogP contribution is -2.43. The Morgan fingerprint density at radius 3 is 2.57 bits per heavy atom. The third-order valence-corrected chi connectivity index (χ3v) is 5.72. The Bertz CT molecular complexity index is 1490. The lowest BCUT2D eigenvalue weighted by molar-refractivity contribution is 0.0181. The topological polar surface area (TPSA) is 101 Å². The van der Waals surface area contributed by atoms with E-state index in [1.165, 1.54) is 37.6 Å². The molecule has 37 heavy (non-hydrogen) atoms. The summed E-state index contributed by atoms with van der Waals surface area (Å²) < 4.78 is 73.6. The number of aromatic amines is 1. The van der Waals surface area contributed by atoms with Gasteiger partial charge in [-0.15, -0.1) is 0 Å². The first-order valence-electron chi connectivity index (χ1n) is 11.0. The molecule has 12 heteroatoms. The molecule has 8 nitrogen and oxygen atoms in total. The van der Waals surface area contributed by atoms with Crippen molar-refractivity contribution in [3.05, 3.63) is 66.2 Å². The number of aliphatic imine (C=N–C) groups is 1. The zero-order valence-electron chi connectivity index (χ0n) is 19.3. The molecule has 0 amide bonds. The van der Waals surface area contributed by atoms with Gasteiger partial charge in [-0.3, -0.25) is 0 Å². The van der Waals surface area contributed by atoms with Crippen LogP contribution in [0, 0.1) is 17.5 Å². The molecule has 0 saturated carbocycles. The Balaban J connectivity index is 1.45. The van der Waals surface area contributed by atoms with Crippen molar-refractivity contribution in [1.29, 1.82) is 0 Å². The molecule has 0 spiro atoms. The Labute approximate surface area is 207 Å². The zero-order valence-corrected chi connectivity index (χ0v) is 19.3. The number of methoxy groups -OCH3 is 1. The first-order chi connectivity index (χ1) is 17.8. The standard InChI is InChI=1S/C25H20F4N4O4/c1-35-20-6-13(2-3-16(20)26)15-9-31-23-21(15)19(4-5-30-23)37-22-17(27)7-14(8-18(22)28)33-24-32-10-25(29,11-34)12-36-24/h2-9,34H,10-12H2,1H3,(H,30,31)(H,32,33). The number of aromatic nitrogens is 2. The fourth-order valence-electron chi connectivity index (χ4n) is 3.80. The quantitative estimate of drug-likeness (QED) is 0.314. The molecule has 1 aliphatic heterocycles. The van der Waals surface area contributed by atoms with Gasteiger partial charge < -0.3 is 29.6 Å². The molecule has 1 atom stereocenters. The molecule has 192 valence electrons. The van der Waals surface area contributed by atoms with Crippen LogP contribution in [-0.2, 0) is 4.74 Å². The zero-order chi connectivity index (χ0) is 26.2. The molecule has 3 N–H and O–H groups in total. The van der Waals surface area contributed by atoms with Crippen LogP contribution in [0.4, 0.5) is 23.2 Å². The Hall–Kier alpha value is -4.32. The van der Waals surface area contributed by atoms with Gasteiger partial charge in [0.1, 0.15) is 18.0 Å². The summed E-state index contributed by atoms with van der Waals surface area (Å²) in [5, 5.41) is 12.0. The van der Waals surface area contributed by atoms with E-state index < -0.39 is 42.1 Å². The van der Waals surface area contributed by atoms with Crippen LogP contribution >= 0.6 is 0 Å². The lowest BCUT2D eigenvalue weighted by Gasteiger charge is -2.26. The minimum Gasteiger partial charge on any atom is -0.494 e. The normalized spacial score (nSPS) is 17.3. The summed E-state index contributed by atoms with van der Waals surface area (Å²) in [5.41, 5.74) is -0.554. The van der Waals surface area contributed by atoms with Crippen molar-refractivity contribution in [2.45, 2.75) is 5.67 Å². The van der Waals surface area contributed by atoms with Gasteiger partial charge in [-0.2, -0.15) is 0 Å². The van der Waals surface area contributed by atoms with Crippen molar-refractivity contribution in [2.24, 2.45) is 4.99 Å². The molecule has 0 radical (unpaired) electrons. The van der Waals surface area contributed by atoms with E-state index in [0.717, 1.165) is 12.1 Å². The van der Waals surface area contributed by atoms with E-state index in [9.17, 15) is 17.6 Å². The van der Waals surface area contributed by atoms with Crippen LogP contribution in [0.2, 0.25) is 0 Å². The molecule has 3 heterocycles. The molecule has 2 aromatic heterocycles. The number of aliphatic hydroxyl groups excluding tert-OH is 1. The molecule has 0 bridgehead atoms. The van der Waals surface area contributed by atoms with Crippen LogP contribution < -0.4 is 14.8 Å². The first kappa shape index (κ1) is 24.4. The van der Waals surface area contributed by atoms with Gasteiger partial charge in [0.25, 0.3) is 6.02 Å². The van der Waals surface area contributed by atoms with E-state index in [1.807, 2.05) is 0 Å². The number of nitrogens with one attached hydrogen (secondary N) is 2. The molecular formula is C25H20F4N4O4. The van der Waals surface area contributed by atoms with Crippen molar-refractivity contribution in [1.82, 2.24) is 9.97 Å². The third-order valence-electron chi connectivity index (χ3n) is 5.72. The van der Waals surface area contributed by atoms with E-state index in [4.69, 9.17) is 19.3 Å². The molecule has 1 aliphatic rings. The van der Waals surface area contributed by atoms with Gasteiger partial charge in [0, 0.05) is 35.8 Å². The number of H-pyrrole nitrogens is 1. The smallest absolute Gasteiger partial charge is 0.289 e. The van der Waals surface area contributed by atoms with E-state index in [1.54, 1.807) is 6.20 Å². The van der Waals surface area contributed by atoms with Gasteiger partial charge in [-0.1, -0.05) is 6.07 Å². The largest absolute Gasteiger partial charge is 0.494 e. The molecule has 0 fully saturated rings. The lowest BCUT2D eigenvalue weighted by atomic mass is 10.0. The molecule has 4 aromatic rings. The maximum Gasteiger partial charge on any atom is 0.289 e. The predicted octanol–water partition coefficient (Wildman–Crippen LogP) is 4.95. The Morgan fingerprint density at radius 1 is 1.11 bits per heavy atom. The number of hydrogen-bond acceptors (Lipinski definition) is 7. The number of benzene rings is 2. The minimum absolute atomic E-state index is 0.0264. The average Bonchev–Trinajstić information content (AvgIpc) is 3.33. The Kier molecular flexibility index (Phi) is 6.34. The number of nitrogens with zero attached hydrogens (tertiary/aromatic N) is 2. The van der Waals surface area contributed by atoms with Gasteiger partial charge >= 0.3 is 0 Å². The number of rotatable bonds is 6. The number of halogens is 4. The van der Waals surface area contributed by atoms with E-state index in [0.29, 0.717) is 22.2 Å². The highest BCUT2D eigenvalue weighted by molar-refractivity contribution is 5.98. The number of hydrogen-bond donors (Lipinski definition) is 3. The average molecular weight is 516 g/mol. The number of fused-ring (bicyclic) bond motifs is 1. The third kappa shape index (κ3) is 4.75. The minimum atomic E-state index is -2.01. The molecule has 5 rings (SSSR count). The molecular weight excluding hydrogens is 496 g/mol. The van der Waals surface area contributed by atoms with Crippen molar-refractivity contribution in [3.63, 3.8) is 0 Å². The van der Waals surface area contributed by atoms with Gasteiger partial charge in [0.15, 0.2) is 34.6 Å². The van der Waals surface area contributed by atoms with E-state index >= 15 is 0 Å². The second-order valence-electron chi connectivity index (χ2n) is 8.30. The predicted molar refractivity (Wildman–Crippen MR) is 127 cm³/mol. The highest BCUT2D eigenvalue weighted by Crippen LogP contribution is 2.39. The molecule has 0 aliphatic carbocycles. The number of pyridine rings is 1. The monoisotopic (exact) mass is 516 g/mol. The first-order valence-corrected chi connectivity index (χ1v) is 11.0. The molecule has 0 saturated heterocycles.